The lowest BCUT2D eigenvalue weighted by molar-refractivity contribution is -0.118. The van der Waals surface area contributed by atoms with Crippen molar-refractivity contribution in [3.8, 4) is 17.0 Å². The Labute approximate surface area is 152 Å². The molecule has 0 saturated heterocycles. The van der Waals surface area contributed by atoms with Crippen molar-refractivity contribution in [1.29, 1.82) is 0 Å². The fourth-order valence-corrected chi connectivity index (χ4v) is 3.26. The molecule has 3 aromatic rings. The molecular formula is C18H15BrN2O2S. The Hall–Kier alpha value is -2.18. The van der Waals surface area contributed by atoms with Crippen LogP contribution >= 0.6 is 27.3 Å². The summed E-state index contributed by atoms with van der Waals surface area (Å²) in [7, 11) is 0. The van der Waals surface area contributed by atoms with Crippen molar-refractivity contribution in [3.05, 3.63) is 63.9 Å². The van der Waals surface area contributed by atoms with Gasteiger partial charge < -0.3 is 4.74 Å². The average Bonchev–Trinajstić information content (AvgIpc) is 3.01. The summed E-state index contributed by atoms with van der Waals surface area (Å²) in [5.41, 5.74) is 2.92. The molecule has 0 aliphatic carbocycles. The normalized spacial score (nSPS) is 10.4. The molecule has 0 spiro atoms. The van der Waals surface area contributed by atoms with Crippen molar-refractivity contribution in [2.24, 2.45) is 0 Å². The first-order valence-electron chi connectivity index (χ1n) is 7.31. The van der Waals surface area contributed by atoms with Crippen molar-refractivity contribution in [2.75, 3.05) is 11.9 Å². The van der Waals surface area contributed by atoms with Gasteiger partial charge in [0.25, 0.3) is 5.91 Å². The second-order valence-electron chi connectivity index (χ2n) is 5.20. The number of aromatic nitrogens is 1. The Kier molecular flexibility index (Phi) is 5.27. The molecule has 1 amide bonds. The van der Waals surface area contributed by atoms with Crippen molar-refractivity contribution in [3.63, 3.8) is 0 Å². The van der Waals surface area contributed by atoms with E-state index in [2.05, 4.69) is 26.2 Å². The summed E-state index contributed by atoms with van der Waals surface area (Å²) in [6.07, 6.45) is 0. The third-order valence-electron chi connectivity index (χ3n) is 3.23. The van der Waals surface area contributed by atoms with E-state index in [1.807, 2.05) is 60.8 Å². The average molecular weight is 403 g/mol. The number of ether oxygens (including phenoxy) is 1. The van der Waals surface area contributed by atoms with E-state index in [4.69, 9.17) is 4.74 Å². The first kappa shape index (κ1) is 16.7. The molecule has 2 aromatic carbocycles. The van der Waals surface area contributed by atoms with Crippen LogP contribution < -0.4 is 10.1 Å². The Morgan fingerprint density at radius 2 is 2.08 bits per heavy atom. The largest absolute Gasteiger partial charge is 0.484 e. The van der Waals surface area contributed by atoms with Gasteiger partial charge in [-0.25, -0.2) is 4.98 Å². The van der Waals surface area contributed by atoms with E-state index in [1.165, 1.54) is 11.3 Å². The van der Waals surface area contributed by atoms with Gasteiger partial charge in [0.1, 0.15) is 5.75 Å². The molecule has 1 aromatic heterocycles. The summed E-state index contributed by atoms with van der Waals surface area (Å²) in [5, 5.41) is 5.24. The van der Waals surface area contributed by atoms with Crippen LogP contribution in [-0.2, 0) is 4.79 Å². The lowest BCUT2D eigenvalue weighted by Crippen LogP contribution is -2.20. The monoisotopic (exact) mass is 402 g/mol. The van der Waals surface area contributed by atoms with Crippen LogP contribution in [0.1, 0.15) is 5.56 Å². The quantitative estimate of drug-likeness (QED) is 0.660. The van der Waals surface area contributed by atoms with Crippen LogP contribution in [0.2, 0.25) is 0 Å². The maximum atomic E-state index is 12.0. The van der Waals surface area contributed by atoms with E-state index < -0.39 is 0 Å². The molecule has 0 fully saturated rings. The molecule has 0 aliphatic rings. The number of hydrogen-bond donors (Lipinski definition) is 1. The molecule has 6 heteroatoms. The summed E-state index contributed by atoms with van der Waals surface area (Å²) in [6.45, 7) is 1.93. The number of anilines is 1. The number of nitrogens with zero attached hydrogens (tertiary/aromatic N) is 1. The highest BCUT2D eigenvalue weighted by Gasteiger charge is 2.09. The minimum atomic E-state index is -0.230. The fraction of sp³-hybridized carbons (Fsp3) is 0.111. The molecular weight excluding hydrogens is 388 g/mol. The van der Waals surface area contributed by atoms with Gasteiger partial charge >= 0.3 is 0 Å². The second kappa shape index (κ2) is 7.59. The standard InChI is InChI=1S/C18H15BrN2O2S/c1-12-4-2-7-15(8-12)23-10-17(22)21-18-20-16(11-24-18)13-5-3-6-14(19)9-13/h2-9,11H,10H2,1H3,(H,20,21,22). The molecule has 0 saturated carbocycles. The van der Waals surface area contributed by atoms with Gasteiger partial charge in [-0.2, -0.15) is 0 Å². The second-order valence-corrected chi connectivity index (χ2v) is 6.98. The number of halogens is 1. The SMILES string of the molecule is Cc1cccc(OCC(=O)Nc2nc(-c3cccc(Br)c3)cs2)c1. The van der Waals surface area contributed by atoms with Gasteiger partial charge in [-0.1, -0.05) is 40.2 Å². The molecule has 0 aliphatic heterocycles. The van der Waals surface area contributed by atoms with Crippen LogP contribution in [0.4, 0.5) is 5.13 Å². The van der Waals surface area contributed by atoms with E-state index in [9.17, 15) is 4.79 Å². The van der Waals surface area contributed by atoms with Crippen molar-refractivity contribution < 1.29 is 9.53 Å². The van der Waals surface area contributed by atoms with E-state index in [-0.39, 0.29) is 12.5 Å². The summed E-state index contributed by atoms with van der Waals surface area (Å²) >= 11 is 4.83. The number of hydrogen-bond acceptors (Lipinski definition) is 4. The van der Waals surface area contributed by atoms with Gasteiger partial charge in [0.2, 0.25) is 0 Å². The molecule has 3 rings (SSSR count). The van der Waals surface area contributed by atoms with Gasteiger partial charge in [-0.05, 0) is 36.8 Å². The highest BCUT2D eigenvalue weighted by atomic mass is 79.9. The number of rotatable bonds is 5. The highest BCUT2D eigenvalue weighted by Crippen LogP contribution is 2.26. The summed E-state index contributed by atoms with van der Waals surface area (Å²) in [4.78, 5) is 16.4. The summed E-state index contributed by atoms with van der Waals surface area (Å²) in [6, 6.07) is 15.5. The number of nitrogens with one attached hydrogen (secondary N) is 1. The third-order valence-corrected chi connectivity index (χ3v) is 4.48. The summed E-state index contributed by atoms with van der Waals surface area (Å²) in [5.74, 6) is 0.450. The maximum Gasteiger partial charge on any atom is 0.264 e. The number of carbonyl (C=O) groups is 1. The topological polar surface area (TPSA) is 51.2 Å². The van der Waals surface area contributed by atoms with E-state index in [0.29, 0.717) is 10.9 Å². The predicted octanol–water partition coefficient (Wildman–Crippen LogP) is 4.90. The van der Waals surface area contributed by atoms with Crippen LogP contribution in [0.3, 0.4) is 0 Å². The number of carbonyl (C=O) groups excluding carboxylic acids is 1. The van der Waals surface area contributed by atoms with Gasteiger partial charge in [0.15, 0.2) is 11.7 Å². The molecule has 0 radical (unpaired) electrons. The number of aryl methyl sites for hydroxylation is 1. The molecule has 1 heterocycles. The molecule has 0 atom stereocenters. The minimum Gasteiger partial charge on any atom is -0.484 e. The molecule has 0 unspecified atom stereocenters. The Bertz CT molecular complexity index is 863. The Morgan fingerprint density at radius 3 is 2.88 bits per heavy atom. The zero-order valence-corrected chi connectivity index (χ0v) is 15.4. The predicted molar refractivity (Wildman–Crippen MR) is 101 cm³/mol. The van der Waals surface area contributed by atoms with Crippen LogP contribution in [0.15, 0.2) is 58.4 Å². The lowest BCUT2D eigenvalue weighted by Gasteiger charge is -2.06. The Morgan fingerprint density at radius 1 is 1.25 bits per heavy atom. The molecule has 122 valence electrons. The first-order chi connectivity index (χ1) is 11.6. The molecule has 24 heavy (non-hydrogen) atoms. The zero-order valence-electron chi connectivity index (χ0n) is 13.0. The fourth-order valence-electron chi connectivity index (χ4n) is 2.12. The van der Waals surface area contributed by atoms with Crippen LogP contribution in [0, 0.1) is 6.92 Å². The molecule has 4 nitrogen and oxygen atoms in total. The Balaban J connectivity index is 1.59. The van der Waals surface area contributed by atoms with Crippen molar-refractivity contribution >= 4 is 38.3 Å². The van der Waals surface area contributed by atoms with Crippen LogP contribution in [0.5, 0.6) is 5.75 Å². The van der Waals surface area contributed by atoms with Gasteiger partial charge in [0, 0.05) is 15.4 Å². The smallest absolute Gasteiger partial charge is 0.264 e. The molecule has 0 bridgehead atoms. The maximum absolute atomic E-state index is 12.0. The minimum absolute atomic E-state index is 0.0464. The first-order valence-corrected chi connectivity index (χ1v) is 8.98. The van der Waals surface area contributed by atoms with Crippen LogP contribution in [0.25, 0.3) is 11.3 Å². The van der Waals surface area contributed by atoms with E-state index in [1.54, 1.807) is 0 Å². The highest BCUT2D eigenvalue weighted by molar-refractivity contribution is 9.10. The van der Waals surface area contributed by atoms with Crippen molar-refractivity contribution in [2.45, 2.75) is 6.92 Å². The van der Waals surface area contributed by atoms with Gasteiger partial charge in [-0.15, -0.1) is 11.3 Å². The van der Waals surface area contributed by atoms with E-state index >= 15 is 0 Å². The zero-order chi connectivity index (χ0) is 16.9. The lowest BCUT2D eigenvalue weighted by atomic mass is 10.2. The van der Waals surface area contributed by atoms with Crippen LogP contribution in [-0.4, -0.2) is 17.5 Å². The summed E-state index contributed by atoms with van der Waals surface area (Å²) < 4.78 is 6.48. The number of benzene rings is 2. The third kappa shape index (κ3) is 4.43. The van der Waals surface area contributed by atoms with E-state index in [0.717, 1.165) is 21.3 Å². The van der Waals surface area contributed by atoms with Gasteiger partial charge in [-0.3, -0.25) is 10.1 Å². The number of amides is 1. The van der Waals surface area contributed by atoms with Gasteiger partial charge in [0.05, 0.1) is 5.69 Å². The number of thiazole rings is 1. The molecule has 1 N–H and O–H groups in total. The van der Waals surface area contributed by atoms with Crippen molar-refractivity contribution in [1.82, 2.24) is 4.98 Å².